The fraction of sp³-hybridized carbons (Fsp3) is 0.692. The highest BCUT2D eigenvalue weighted by Gasteiger charge is 2.28. The lowest BCUT2D eigenvalue weighted by molar-refractivity contribution is -0.161. The summed E-state index contributed by atoms with van der Waals surface area (Å²) in [6.07, 6.45) is 6.03. The second-order valence-corrected chi connectivity index (χ2v) is 3.51. The molecule has 0 radical (unpaired) electrons. The van der Waals surface area contributed by atoms with Gasteiger partial charge in [-0.1, -0.05) is 19.1 Å². The van der Waals surface area contributed by atoms with Gasteiger partial charge in [0.2, 0.25) is 0 Å². The van der Waals surface area contributed by atoms with Crippen LogP contribution in [0, 0.1) is 5.92 Å². The Labute approximate surface area is 103 Å². The van der Waals surface area contributed by atoms with Crippen molar-refractivity contribution in [1.29, 1.82) is 0 Å². The molecule has 98 valence electrons. The second-order valence-electron chi connectivity index (χ2n) is 3.51. The molecule has 0 aromatic carbocycles. The zero-order valence-electron chi connectivity index (χ0n) is 10.9. The average Bonchev–Trinajstić information content (AvgIpc) is 2.29. The number of carbonyl (C=O) groups is 2. The highest BCUT2D eigenvalue weighted by atomic mass is 16.6. The minimum absolute atomic E-state index is 0.277. The third kappa shape index (κ3) is 6.76. The molecule has 0 N–H and O–H groups in total. The number of esters is 2. The van der Waals surface area contributed by atoms with Crippen molar-refractivity contribution in [2.45, 2.75) is 40.0 Å². The number of rotatable bonds is 8. The molecule has 4 nitrogen and oxygen atoms in total. The van der Waals surface area contributed by atoms with Crippen LogP contribution in [0.5, 0.6) is 0 Å². The lowest BCUT2D eigenvalue weighted by Gasteiger charge is -2.13. The molecule has 4 heteroatoms. The highest BCUT2D eigenvalue weighted by Crippen LogP contribution is 2.12. The predicted octanol–water partition coefficient (Wildman–Crippen LogP) is 2.48. The van der Waals surface area contributed by atoms with Crippen LogP contribution in [0.2, 0.25) is 0 Å². The summed E-state index contributed by atoms with van der Waals surface area (Å²) in [6.45, 7) is 6.03. The van der Waals surface area contributed by atoms with Gasteiger partial charge in [-0.05, 0) is 33.1 Å². The summed E-state index contributed by atoms with van der Waals surface area (Å²) < 4.78 is 9.73. The zero-order valence-corrected chi connectivity index (χ0v) is 10.9. The van der Waals surface area contributed by atoms with Crippen molar-refractivity contribution in [3.05, 3.63) is 12.2 Å². The SMILES string of the molecule is CCC=CCCC(C(=O)OCC)C(=O)OCC. The molecule has 0 amide bonds. The Balaban J connectivity index is 4.34. The van der Waals surface area contributed by atoms with E-state index in [1.807, 2.05) is 19.1 Å². The van der Waals surface area contributed by atoms with Gasteiger partial charge in [0.1, 0.15) is 0 Å². The van der Waals surface area contributed by atoms with E-state index in [1.165, 1.54) is 0 Å². The molecule has 0 aromatic rings. The first-order valence-corrected chi connectivity index (χ1v) is 6.15. The van der Waals surface area contributed by atoms with Crippen LogP contribution in [-0.4, -0.2) is 25.2 Å². The zero-order chi connectivity index (χ0) is 13.1. The molecule has 0 aliphatic carbocycles. The Kier molecular flexibility index (Phi) is 9.11. The Morgan fingerprint density at radius 1 is 1.00 bits per heavy atom. The number of carbonyl (C=O) groups excluding carboxylic acids is 2. The fourth-order valence-electron chi connectivity index (χ4n) is 1.37. The number of allylic oxidation sites excluding steroid dienone is 2. The molecule has 0 atom stereocenters. The predicted molar refractivity (Wildman–Crippen MR) is 65.4 cm³/mol. The summed E-state index contributed by atoms with van der Waals surface area (Å²) in [6, 6.07) is 0. The van der Waals surface area contributed by atoms with Gasteiger partial charge in [-0.15, -0.1) is 0 Å². The van der Waals surface area contributed by atoms with Crippen LogP contribution in [-0.2, 0) is 19.1 Å². The van der Waals surface area contributed by atoms with Crippen molar-refractivity contribution in [3.63, 3.8) is 0 Å². The van der Waals surface area contributed by atoms with E-state index in [0.29, 0.717) is 12.8 Å². The summed E-state index contributed by atoms with van der Waals surface area (Å²) in [5.74, 6) is -1.77. The standard InChI is InChI=1S/C13H22O4/c1-4-7-8-9-10-11(12(14)16-5-2)13(15)17-6-3/h7-8,11H,4-6,9-10H2,1-3H3. The maximum atomic E-state index is 11.6. The number of hydrogen-bond donors (Lipinski definition) is 0. The van der Waals surface area contributed by atoms with Crippen molar-refractivity contribution in [2.24, 2.45) is 5.92 Å². The van der Waals surface area contributed by atoms with Crippen LogP contribution in [0.3, 0.4) is 0 Å². The normalized spacial score (nSPS) is 10.8. The van der Waals surface area contributed by atoms with E-state index in [4.69, 9.17) is 9.47 Å². The summed E-state index contributed by atoms with van der Waals surface area (Å²) >= 11 is 0. The smallest absolute Gasteiger partial charge is 0.320 e. The molecule has 0 unspecified atom stereocenters. The van der Waals surface area contributed by atoms with E-state index < -0.39 is 17.9 Å². The van der Waals surface area contributed by atoms with Crippen molar-refractivity contribution in [3.8, 4) is 0 Å². The molecule has 0 saturated heterocycles. The fourth-order valence-corrected chi connectivity index (χ4v) is 1.37. The molecule has 17 heavy (non-hydrogen) atoms. The first-order chi connectivity index (χ1) is 8.17. The average molecular weight is 242 g/mol. The van der Waals surface area contributed by atoms with E-state index in [2.05, 4.69) is 0 Å². The lowest BCUT2D eigenvalue weighted by atomic mass is 10.0. The van der Waals surface area contributed by atoms with Gasteiger partial charge in [-0.25, -0.2) is 0 Å². The van der Waals surface area contributed by atoms with E-state index in [9.17, 15) is 9.59 Å². The van der Waals surface area contributed by atoms with E-state index in [-0.39, 0.29) is 13.2 Å². The Hall–Kier alpha value is -1.32. The molecular weight excluding hydrogens is 220 g/mol. The third-order valence-electron chi connectivity index (χ3n) is 2.17. The van der Waals surface area contributed by atoms with Gasteiger partial charge in [0.05, 0.1) is 13.2 Å². The first-order valence-electron chi connectivity index (χ1n) is 6.15. The van der Waals surface area contributed by atoms with Gasteiger partial charge >= 0.3 is 11.9 Å². The molecule has 0 aliphatic rings. The van der Waals surface area contributed by atoms with Gasteiger partial charge in [0.15, 0.2) is 5.92 Å². The Morgan fingerprint density at radius 2 is 1.53 bits per heavy atom. The highest BCUT2D eigenvalue weighted by molar-refractivity contribution is 5.94. The minimum Gasteiger partial charge on any atom is -0.465 e. The number of ether oxygens (including phenoxy) is 2. The molecule has 0 spiro atoms. The molecule has 0 heterocycles. The van der Waals surface area contributed by atoms with Crippen LogP contribution in [0.25, 0.3) is 0 Å². The maximum Gasteiger partial charge on any atom is 0.320 e. The van der Waals surface area contributed by atoms with Crippen molar-refractivity contribution >= 4 is 11.9 Å². The largest absolute Gasteiger partial charge is 0.465 e. The van der Waals surface area contributed by atoms with Crippen LogP contribution in [0.15, 0.2) is 12.2 Å². The van der Waals surface area contributed by atoms with Gasteiger partial charge in [0.25, 0.3) is 0 Å². The van der Waals surface area contributed by atoms with E-state index >= 15 is 0 Å². The van der Waals surface area contributed by atoms with Crippen LogP contribution >= 0.6 is 0 Å². The Bertz CT molecular complexity index is 240. The van der Waals surface area contributed by atoms with Crippen LogP contribution in [0.4, 0.5) is 0 Å². The molecule has 0 aromatic heterocycles. The summed E-state index contributed by atoms with van der Waals surface area (Å²) in [4.78, 5) is 23.2. The van der Waals surface area contributed by atoms with Gasteiger partial charge < -0.3 is 9.47 Å². The van der Waals surface area contributed by atoms with Gasteiger partial charge in [0, 0.05) is 0 Å². The molecule has 0 saturated carbocycles. The molecule has 0 rings (SSSR count). The summed E-state index contributed by atoms with van der Waals surface area (Å²) in [5, 5.41) is 0. The first kappa shape index (κ1) is 15.7. The van der Waals surface area contributed by atoms with Crippen molar-refractivity contribution in [2.75, 3.05) is 13.2 Å². The Morgan fingerprint density at radius 3 is 1.94 bits per heavy atom. The van der Waals surface area contributed by atoms with E-state index in [0.717, 1.165) is 6.42 Å². The van der Waals surface area contributed by atoms with E-state index in [1.54, 1.807) is 13.8 Å². The van der Waals surface area contributed by atoms with Crippen molar-refractivity contribution in [1.82, 2.24) is 0 Å². The van der Waals surface area contributed by atoms with Gasteiger partial charge in [-0.3, -0.25) is 9.59 Å². The summed E-state index contributed by atoms with van der Waals surface area (Å²) in [7, 11) is 0. The minimum atomic E-state index is -0.795. The lowest BCUT2D eigenvalue weighted by Crippen LogP contribution is -2.28. The quantitative estimate of drug-likeness (QED) is 0.373. The van der Waals surface area contributed by atoms with Crippen LogP contribution in [0.1, 0.15) is 40.0 Å². The molecule has 0 aliphatic heterocycles. The third-order valence-corrected chi connectivity index (χ3v) is 2.17. The number of hydrogen-bond acceptors (Lipinski definition) is 4. The van der Waals surface area contributed by atoms with Crippen LogP contribution < -0.4 is 0 Å². The van der Waals surface area contributed by atoms with Crippen molar-refractivity contribution < 1.29 is 19.1 Å². The topological polar surface area (TPSA) is 52.6 Å². The summed E-state index contributed by atoms with van der Waals surface area (Å²) in [5.41, 5.74) is 0. The van der Waals surface area contributed by atoms with Gasteiger partial charge in [-0.2, -0.15) is 0 Å². The molecule has 0 fully saturated rings. The molecular formula is C13H22O4. The molecule has 0 bridgehead atoms. The maximum absolute atomic E-state index is 11.6. The monoisotopic (exact) mass is 242 g/mol. The second kappa shape index (κ2) is 9.87.